The average molecular weight is 303 g/mol. The summed E-state index contributed by atoms with van der Waals surface area (Å²) in [6.07, 6.45) is 2.86. The maximum atomic E-state index is 12.2. The lowest BCUT2D eigenvalue weighted by Crippen LogP contribution is -2.27. The van der Waals surface area contributed by atoms with Crippen molar-refractivity contribution in [3.63, 3.8) is 0 Å². The molecule has 2 aromatic heterocycles. The molecule has 0 radical (unpaired) electrons. The van der Waals surface area contributed by atoms with Crippen LogP contribution in [0.25, 0.3) is 0 Å². The Hall–Kier alpha value is -2.22. The Morgan fingerprint density at radius 1 is 1.45 bits per heavy atom. The van der Waals surface area contributed by atoms with Crippen LogP contribution < -0.4 is 10.6 Å². The number of hydrogen-bond acceptors (Lipinski definition) is 5. The van der Waals surface area contributed by atoms with Crippen molar-refractivity contribution >= 4 is 11.9 Å². The molecule has 3 heterocycles. The van der Waals surface area contributed by atoms with Gasteiger partial charge in [-0.2, -0.15) is 15.2 Å². The normalized spacial score (nSPS) is 15.9. The number of aryl methyl sites for hydroxylation is 2. The van der Waals surface area contributed by atoms with Gasteiger partial charge in [0.15, 0.2) is 11.5 Å². The number of piperidine rings is 1. The minimum atomic E-state index is -0.275. The maximum Gasteiger partial charge on any atom is 0.278 e. The molecular formula is C14H21N7O. The summed E-state index contributed by atoms with van der Waals surface area (Å²) >= 11 is 0. The van der Waals surface area contributed by atoms with Crippen LogP contribution in [0.15, 0.2) is 6.07 Å². The number of hydrogen-bond donors (Lipinski definition) is 3. The van der Waals surface area contributed by atoms with E-state index in [0.717, 1.165) is 43.9 Å². The molecule has 0 bridgehead atoms. The van der Waals surface area contributed by atoms with Gasteiger partial charge >= 0.3 is 0 Å². The number of rotatable bonds is 4. The minimum Gasteiger partial charge on any atom is -0.317 e. The molecule has 0 atom stereocenters. The molecule has 1 fully saturated rings. The Morgan fingerprint density at radius 2 is 2.23 bits per heavy atom. The molecule has 2 aromatic rings. The lowest BCUT2D eigenvalue weighted by Gasteiger charge is -2.19. The number of anilines is 1. The summed E-state index contributed by atoms with van der Waals surface area (Å²) in [6.45, 7) is 3.97. The van der Waals surface area contributed by atoms with Crippen LogP contribution in [0.5, 0.6) is 0 Å². The van der Waals surface area contributed by atoms with Gasteiger partial charge < -0.3 is 5.32 Å². The Kier molecular flexibility index (Phi) is 4.19. The third-order valence-corrected chi connectivity index (χ3v) is 3.95. The first-order chi connectivity index (χ1) is 10.7. The molecule has 8 nitrogen and oxygen atoms in total. The third-order valence-electron chi connectivity index (χ3n) is 3.95. The van der Waals surface area contributed by atoms with Crippen molar-refractivity contribution in [1.82, 2.24) is 30.3 Å². The topological polar surface area (TPSA) is 101 Å². The van der Waals surface area contributed by atoms with Crippen molar-refractivity contribution < 1.29 is 4.79 Å². The van der Waals surface area contributed by atoms with Gasteiger partial charge in [-0.25, -0.2) is 4.68 Å². The number of nitrogens with zero attached hydrogens (tertiary/aromatic N) is 4. The molecular weight excluding hydrogens is 282 g/mol. The van der Waals surface area contributed by atoms with E-state index in [9.17, 15) is 4.79 Å². The lowest BCUT2D eigenvalue weighted by molar-refractivity contribution is 0.102. The van der Waals surface area contributed by atoms with Gasteiger partial charge in [0.1, 0.15) is 0 Å². The van der Waals surface area contributed by atoms with Crippen LogP contribution in [0.2, 0.25) is 0 Å². The highest BCUT2D eigenvalue weighted by molar-refractivity contribution is 6.01. The van der Waals surface area contributed by atoms with Gasteiger partial charge in [0.05, 0.1) is 0 Å². The smallest absolute Gasteiger partial charge is 0.278 e. The number of carbonyl (C=O) groups excluding carboxylic acids is 1. The maximum absolute atomic E-state index is 12.2. The van der Waals surface area contributed by atoms with E-state index >= 15 is 0 Å². The summed E-state index contributed by atoms with van der Waals surface area (Å²) in [7, 11) is 1.79. The van der Waals surface area contributed by atoms with Gasteiger partial charge in [-0.15, -0.1) is 0 Å². The van der Waals surface area contributed by atoms with Gasteiger partial charge in [-0.05, 0) is 38.4 Å². The second-order valence-corrected chi connectivity index (χ2v) is 5.53. The zero-order valence-electron chi connectivity index (χ0n) is 12.9. The Bertz CT molecular complexity index is 654. The minimum absolute atomic E-state index is 0.275. The highest BCUT2D eigenvalue weighted by Crippen LogP contribution is 2.23. The van der Waals surface area contributed by atoms with Gasteiger partial charge in [0.2, 0.25) is 5.95 Å². The summed E-state index contributed by atoms with van der Waals surface area (Å²) in [5.41, 5.74) is 1.29. The van der Waals surface area contributed by atoms with Gasteiger partial charge in [-0.1, -0.05) is 6.92 Å². The molecule has 22 heavy (non-hydrogen) atoms. The van der Waals surface area contributed by atoms with Crippen LogP contribution in [0.3, 0.4) is 0 Å². The van der Waals surface area contributed by atoms with Crippen molar-refractivity contribution in [3.8, 4) is 0 Å². The first-order valence-corrected chi connectivity index (χ1v) is 7.64. The Balaban J connectivity index is 1.71. The van der Waals surface area contributed by atoms with Crippen LogP contribution in [0.4, 0.5) is 5.95 Å². The molecule has 118 valence electrons. The largest absolute Gasteiger partial charge is 0.317 e. The van der Waals surface area contributed by atoms with E-state index in [-0.39, 0.29) is 5.91 Å². The van der Waals surface area contributed by atoms with Crippen molar-refractivity contribution in [2.24, 2.45) is 7.05 Å². The van der Waals surface area contributed by atoms with Crippen molar-refractivity contribution in [2.75, 3.05) is 18.4 Å². The summed E-state index contributed by atoms with van der Waals surface area (Å²) in [6, 6.07) is 1.75. The van der Waals surface area contributed by atoms with Crippen molar-refractivity contribution in [3.05, 3.63) is 23.3 Å². The van der Waals surface area contributed by atoms with Gasteiger partial charge in [0.25, 0.3) is 5.91 Å². The number of nitrogens with one attached hydrogen (secondary N) is 3. The van der Waals surface area contributed by atoms with E-state index in [1.165, 1.54) is 0 Å². The van der Waals surface area contributed by atoms with E-state index in [0.29, 0.717) is 17.6 Å². The van der Waals surface area contributed by atoms with Crippen molar-refractivity contribution in [2.45, 2.75) is 32.1 Å². The molecule has 1 aliphatic rings. The third kappa shape index (κ3) is 3.01. The predicted molar refractivity (Wildman–Crippen MR) is 81.8 cm³/mol. The van der Waals surface area contributed by atoms with E-state index in [2.05, 4.69) is 30.9 Å². The fourth-order valence-corrected chi connectivity index (χ4v) is 2.59. The second kappa shape index (κ2) is 6.27. The molecule has 0 saturated carbocycles. The Labute approximate surface area is 128 Å². The van der Waals surface area contributed by atoms with Gasteiger partial charge in [-0.3, -0.25) is 15.2 Å². The second-order valence-electron chi connectivity index (χ2n) is 5.53. The average Bonchev–Trinajstić information content (AvgIpc) is 3.15. The summed E-state index contributed by atoms with van der Waals surface area (Å²) in [5.74, 6) is 1.34. The van der Waals surface area contributed by atoms with Crippen molar-refractivity contribution in [1.29, 1.82) is 0 Å². The van der Waals surface area contributed by atoms with E-state index in [1.54, 1.807) is 17.8 Å². The van der Waals surface area contributed by atoms with Crippen LogP contribution in [-0.2, 0) is 13.5 Å². The van der Waals surface area contributed by atoms with Crippen LogP contribution in [-0.4, -0.2) is 44.0 Å². The number of carbonyl (C=O) groups is 1. The highest BCUT2D eigenvalue weighted by atomic mass is 16.2. The molecule has 0 spiro atoms. The monoisotopic (exact) mass is 303 g/mol. The number of H-pyrrole nitrogens is 1. The molecule has 3 N–H and O–H groups in total. The quantitative estimate of drug-likeness (QED) is 0.776. The zero-order chi connectivity index (χ0) is 15.5. The molecule has 8 heteroatoms. The first-order valence-electron chi connectivity index (χ1n) is 7.64. The number of aromatic nitrogens is 5. The Morgan fingerprint density at radius 3 is 2.91 bits per heavy atom. The highest BCUT2D eigenvalue weighted by Gasteiger charge is 2.22. The molecule has 0 aromatic carbocycles. The summed E-state index contributed by atoms with van der Waals surface area (Å²) in [5, 5.41) is 17.4. The lowest BCUT2D eigenvalue weighted by atomic mass is 9.98. The fourth-order valence-electron chi connectivity index (χ4n) is 2.59. The summed E-state index contributed by atoms with van der Waals surface area (Å²) < 4.78 is 1.61. The van der Waals surface area contributed by atoms with E-state index in [4.69, 9.17) is 0 Å². The molecule has 0 aliphatic carbocycles. The predicted octanol–water partition coefficient (Wildman–Crippen LogP) is 0.820. The molecule has 3 rings (SSSR count). The van der Waals surface area contributed by atoms with Crippen LogP contribution >= 0.6 is 0 Å². The molecule has 1 saturated heterocycles. The molecule has 0 unspecified atom stereocenters. The van der Waals surface area contributed by atoms with E-state index < -0.39 is 0 Å². The fraction of sp³-hybridized carbons (Fsp3) is 0.571. The van der Waals surface area contributed by atoms with Crippen LogP contribution in [0, 0.1) is 0 Å². The first kappa shape index (κ1) is 14.7. The SMILES string of the molecule is CCc1cc(C(=O)Nc2nc(C3CCNCC3)nn2C)n[nH]1. The summed E-state index contributed by atoms with van der Waals surface area (Å²) in [4.78, 5) is 16.7. The molecule has 1 aliphatic heterocycles. The van der Waals surface area contributed by atoms with Crippen LogP contribution in [0.1, 0.15) is 47.7 Å². The zero-order valence-corrected chi connectivity index (χ0v) is 12.9. The van der Waals surface area contributed by atoms with Gasteiger partial charge in [0, 0.05) is 18.7 Å². The standard InChI is InChI=1S/C14H21N7O/c1-3-10-8-11(19-18-10)13(22)17-14-16-12(20-21(14)2)9-4-6-15-7-5-9/h8-9,15H,3-7H2,1-2H3,(H,18,19)(H,16,17,20,22). The van der Waals surface area contributed by atoms with E-state index in [1.807, 2.05) is 6.92 Å². The number of amides is 1. The molecule has 1 amide bonds. The number of aromatic amines is 1.